The van der Waals surface area contributed by atoms with E-state index in [4.69, 9.17) is 0 Å². The van der Waals surface area contributed by atoms with Crippen LogP contribution in [0.3, 0.4) is 0 Å². The molecule has 0 saturated carbocycles. The van der Waals surface area contributed by atoms with Crippen LogP contribution in [0.5, 0.6) is 5.75 Å². The minimum atomic E-state index is -4.76. The summed E-state index contributed by atoms with van der Waals surface area (Å²) in [5.41, 5.74) is 0.953. The van der Waals surface area contributed by atoms with E-state index in [1.54, 1.807) is 6.07 Å². The predicted octanol–water partition coefficient (Wildman–Crippen LogP) is 4.90. The highest BCUT2D eigenvalue weighted by molar-refractivity contribution is 5.39. The number of para-hydroxylation sites is 1. The molecule has 0 saturated heterocycles. The standard InChI is InChI=1S/C16H19F3O2/c17-16(18,19)21-14-11-7-6-10-13(14)15(20)12-8-4-2-1-3-5-9-12/h6-8,10-11,15,20H,1-5,9H2/b12-8+. The first-order valence-electron chi connectivity index (χ1n) is 7.19. The first-order valence-corrected chi connectivity index (χ1v) is 7.19. The molecule has 1 unspecified atom stereocenters. The quantitative estimate of drug-likeness (QED) is 0.805. The second-order valence-corrected chi connectivity index (χ2v) is 5.22. The number of hydrogen-bond acceptors (Lipinski definition) is 2. The molecular weight excluding hydrogens is 281 g/mol. The predicted molar refractivity (Wildman–Crippen MR) is 73.9 cm³/mol. The van der Waals surface area contributed by atoms with Crippen LogP contribution in [-0.2, 0) is 0 Å². The Kier molecular flexibility index (Phi) is 5.28. The van der Waals surface area contributed by atoms with E-state index in [9.17, 15) is 18.3 Å². The Bertz CT molecular complexity index is 495. The lowest BCUT2D eigenvalue weighted by Gasteiger charge is -2.21. The summed E-state index contributed by atoms with van der Waals surface area (Å²) in [5.74, 6) is -0.333. The van der Waals surface area contributed by atoms with Gasteiger partial charge in [-0.2, -0.15) is 0 Å². The van der Waals surface area contributed by atoms with Gasteiger partial charge >= 0.3 is 6.36 Å². The maximum absolute atomic E-state index is 12.4. The van der Waals surface area contributed by atoms with Crippen molar-refractivity contribution in [3.05, 3.63) is 41.5 Å². The van der Waals surface area contributed by atoms with Crippen LogP contribution in [0.4, 0.5) is 13.2 Å². The lowest BCUT2D eigenvalue weighted by Crippen LogP contribution is -2.19. The van der Waals surface area contributed by atoms with Gasteiger partial charge in [-0.25, -0.2) is 0 Å². The maximum Gasteiger partial charge on any atom is 0.573 e. The van der Waals surface area contributed by atoms with Crippen LogP contribution in [0.1, 0.15) is 50.2 Å². The molecule has 0 aliphatic heterocycles. The Hall–Kier alpha value is -1.49. The van der Waals surface area contributed by atoms with Crippen molar-refractivity contribution in [3.8, 4) is 5.75 Å². The Morgan fingerprint density at radius 2 is 1.76 bits per heavy atom. The summed E-state index contributed by atoms with van der Waals surface area (Å²) >= 11 is 0. The molecule has 1 aromatic rings. The average molecular weight is 300 g/mol. The van der Waals surface area contributed by atoms with Gasteiger partial charge in [0, 0.05) is 5.56 Å². The zero-order valence-corrected chi connectivity index (χ0v) is 11.7. The third-order valence-electron chi connectivity index (χ3n) is 3.62. The number of allylic oxidation sites excluding steroid dienone is 1. The van der Waals surface area contributed by atoms with Gasteiger partial charge < -0.3 is 9.84 Å². The zero-order valence-electron chi connectivity index (χ0n) is 11.7. The number of ether oxygens (including phenoxy) is 1. The lowest BCUT2D eigenvalue weighted by molar-refractivity contribution is -0.275. The summed E-state index contributed by atoms with van der Waals surface area (Å²) in [5, 5.41) is 10.4. The third kappa shape index (κ3) is 4.77. The first kappa shape index (κ1) is 15.9. The van der Waals surface area contributed by atoms with Crippen LogP contribution in [0.25, 0.3) is 0 Å². The Morgan fingerprint density at radius 3 is 2.52 bits per heavy atom. The first-order chi connectivity index (χ1) is 9.97. The minimum absolute atomic E-state index is 0.168. The number of hydrogen-bond donors (Lipinski definition) is 1. The van der Waals surface area contributed by atoms with Gasteiger partial charge in [-0.3, -0.25) is 0 Å². The molecule has 5 heteroatoms. The van der Waals surface area contributed by atoms with E-state index in [2.05, 4.69) is 4.74 Å². The van der Waals surface area contributed by atoms with Crippen molar-refractivity contribution in [1.29, 1.82) is 0 Å². The number of aliphatic hydroxyl groups is 1. The Morgan fingerprint density at radius 1 is 1.05 bits per heavy atom. The summed E-state index contributed by atoms with van der Waals surface area (Å²) < 4.78 is 41.3. The molecule has 1 aliphatic rings. The number of aliphatic hydroxyl groups excluding tert-OH is 1. The molecule has 0 bridgehead atoms. The molecule has 0 aromatic heterocycles. The van der Waals surface area contributed by atoms with Gasteiger partial charge in [0.2, 0.25) is 0 Å². The fourth-order valence-corrected chi connectivity index (χ4v) is 2.59. The Labute approximate surface area is 122 Å². The molecule has 1 aromatic carbocycles. The van der Waals surface area contributed by atoms with Gasteiger partial charge in [0.1, 0.15) is 11.9 Å². The summed E-state index contributed by atoms with van der Waals surface area (Å²) in [6.45, 7) is 0. The van der Waals surface area contributed by atoms with Gasteiger partial charge in [0.15, 0.2) is 0 Å². The molecule has 0 heterocycles. The van der Waals surface area contributed by atoms with Crippen LogP contribution in [0.15, 0.2) is 35.9 Å². The van der Waals surface area contributed by atoms with Gasteiger partial charge in [-0.1, -0.05) is 37.1 Å². The smallest absolute Gasteiger partial charge is 0.405 e. The molecule has 2 rings (SSSR count). The van der Waals surface area contributed by atoms with E-state index >= 15 is 0 Å². The highest BCUT2D eigenvalue weighted by Gasteiger charge is 2.33. The molecule has 21 heavy (non-hydrogen) atoms. The van der Waals surface area contributed by atoms with Crippen LogP contribution < -0.4 is 4.74 Å². The van der Waals surface area contributed by atoms with Gasteiger partial charge in [-0.05, 0) is 37.3 Å². The number of halogens is 3. The third-order valence-corrected chi connectivity index (χ3v) is 3.62. The largest absolute Gasteiger partial charge is 0.573 e. The fraction of sp³-hybridized carbons (Fsp3) is 0.500. The van der Waals surface area contributed by atoms with Crippen molar-refractivity contribution in [2.45, 2.75) is 51.0 Å². The van der Waals surface area contributed by atoms with E-state index in [1.807, 2.05) is 6.08 Å². The van der Waals surface area contributed by atoms with Crippen molar-refractivity contribution < 1.29 is 23.0 Å². The van der Waals surface area contributed by atoms with E-state index in [0.717, 1.165) is 37.7 Å². The molecule has 0 spiro atoms. The lowest BCUT2D eigenvalue weighted by atomic mass is 9.92. The van der Waals surface area contributed by atoms with Gasteiger partial charge in [0.25, 0.3) is 0 Å². The van der Waals surface area contributed by atoms with Crippen molar-refractivity contribution in [2.75, 3.05) is 0 Å². The fourth-order valence-electron chi connectivity index (χ4n) is 2.59. The summed E-state index contributed by atoms with van der Waals surface area (Å²) in [6, 6.07) is 5.77. The SMILES string of the molecule is OC(/C1=C/CCCCCC1)c1ccccc1OC(F)(F)F. The molecule has 1 N–H and O–H groups in total. The van der Waals surface area contributed by atoms with Crippen molar-refractivity contribution in [3.63, 3.8) is 0 Å². The molecular formula is C16H19F3O2. The second-order valence-electron chi connectivity index (χ2n) is 5.22. The molecule has 0 radical (unpaired) electrons. The summed E-state index contributed by atoms with van der Waals surface area (Å²) in [7, 11) is 0. The molecule has 2 nitrogen and oxygen atoms in total. The van der Waals surface area contributed by atoms with E-state index in [0.29, 0.717) is 6.42 Å². The molecule has 1 aliphatic carbocycles. The van der Waals surface area contributed by atoms with E-state index in [-0.39, 0.29) is 11.3 Å². The molecule has 116 valence electrons. The maximum atomic E-state index is 12.4. The monoisotopic (exact) mass is 300 g/mol. The second kappa shape index (κ2) is 6.98. The molecule has 0 amide bonds. The molecule has 0 fully saturated rings. The number of alkyl halides is 3. The van der Waals surface area contributed by atoms with Crippen LogP contribution in [0, 0.1) is 0 Å². The van der Waals surface area contributed by atoms with Crippen LogP contribution in [0.2, 0.25) is 0 Å². The number of benzene rings is 1. The summed E-state index contributed by atoms with van der Waals surface area (Å²) in [4.78, 5) is 0. The van der Waals surface area contributed by atoms with Gasteiger partial charge in [-0.15, -0.1) is 13.2 Å². The number of rotatable bonds is 3. The van der Waals surface area contributed by atoms with E-state index < -0.39 is 12.5 Å². The average Bonchev–Trinajstić information content (AvgIpc) is 2.36. The zero-order chi connectivity index (χ0) is 15.3. The van der Waals surface area contributed by atoms with Crippen molar-refractivity contribution in [2.24, 2.45) is 0 Å². The minimum Gasteiger partial charge on any atom is -0.405 e. The summed E-state index contributed by atoms with van der Waals surface area (Å²) in [6.07, 6.45) is 1.97. The topological polar surface area (TPSA) is 29.5 Å². The highest BCUT2D eigenvalue weighted by atomic mass is 19.4. The van der Waals surface area contributed by atoms with Gasteiger partial charge in [0.05, 0.1) is 0 Å². The molecule has 1 atom stereocenters. The van der Waals surface area contributed by atoms with Crippen LogP contribution in [-0.4, -0.2) is 11.5 Å². The van der Waals surface area contributed by atoms with Crippen molar-refractivity contribution in [1.82, 2.24) is 0 Å². The van der Waals surface area contributed by atoms with E-state index in [1.165, 1.54) is 18.2 Å². The normalized spacial score (nSPS) is 20.9. The van der Waals surface area contributed by atoms with Crippen LogP contribution >= 0.6 is 0 Å². The Balaban J connectivity index is 2.23. The highest BCUT2D eigenvalue weighted by Crippen LogP contribution is 2.35. The van der Waals surface area contributed by atoms with Crippen molar-refractivity contribution >= 4 is 0 Å².